The Labute approximate surface area is 122 Å². The van der Waals surface area contributed by atoms with Crippen LogP contribution in [0.5, 0.6) is 0 Å². The Kier molecular flexibility index (Phi) is 3.66. The van der Waals surface area contributed by atoms with Crippen molar-refractivity contribution >= 4 is 11.6 Å². The Morgan fingerprint density at radius 3 is 2.95 bits per heavy atom. The molecule has 21 heavy (non-hydrogen) atoms. The van der Waals surface area contributed by atoms with Gasteiger partial charge in [0.05, 0.1) is 5.69 Å². The van der Waals surface area contributed by atoms with Crippen molar-refractivity contribution in [3.8, 4) is 5.69 Å². The second kappa shape index (κ2) is 5.61. The molecule has 1 aliphatic carbocycles. The molecule has 2 aromatic rings. The minimum atomic E-state index is 0.0118. The molecule has 1 fully saturated rings. The number of nitrogens with two attached hydrogens (primary N) is 1. The molecule has 0 aliphatic heterocycles. The zero-order valence-electron chi connectivity index (χ0n) is 11.9. The lowest BCUT2D eigenvalue weighted by atomic mass is 10.1. The van der Waals surface area contributed by atoms with E-state index in [1.165, 1.54) is 6.33 Å². The Morgan fingerprint density at radius 2 is 2.29 bits per heavy atom. The largest absolute Gasteiger partial charge is 0.328 e. The van der Waals surface area contributed by atoms with Crippen molar-refractivity contribution < 1.29 is 4.79 Å². The van der Waals surface area contributed by atoms with Gasteiger partial charge < -0.3 is 11.1 Å². The molecule has 0 saturated heterocycles. The van der Waals surface area contributed by atoms with Gasteiger partial charge in [-0.2, -0.15) is 0 Å². The van der Waals surface area contributed by atoms with Crippen molar-refractivity contribution in [2.24, 2.45) is 11.7 Å². The lowest BCUT2D eigenvalue weighted by Crippen LogP contribution is -2.23. The molecule has 1 saturated carbocycles. The molecule has 1 amide bonds. The average Bonchev–Trinajstić information content (AvgIpc) is 3.12. The van der Waals surface area contributed by atoms with E-state index in [1.807, 2.05) is 25.1 Å². The second-order valence-corrected chi connectivity index (χ2v) is 5.51. The van der Waals surface area contributed by atoms with Gasteiger partial charge in [-0.05, 0) is 54.3 Å². The molecule has 1 aliphatic rings. The molecule has 110 valence electrons. The SMILES string of the molecule is Cc1ccc(NC(=O)C2CCC(N)C2)cc1-n1cnnn1. The number of amides is 1. The molecule has 2 unspecified atom stereocenters. The van der Waals surface area contributed by atoms with Crippen LogP contribution in [-0.2, 0) is 4.79 Å². The first-order valence-electron chi connectivity index (χ1n) is 7.04. The van der Waals surface area contributed by atoms with E-state index in [0.717, 1.165) is 36.2 Å². The van der Waals surface area contributed by atoms with E-state index in [-0.39, 0.29) is 17.9 Å². The maximum absolute atomic E-state index is 12.2. The van der Waals surface area contributed by atoms with E-state index in [0.29, 0.717) is 0 Å². The van der Waals surface area contributed by atoms with Crippen LogP contribution in [0.3, 0.4) is 0 Å². The van der Waals surface area contributed by atoms with Gasteiger partial charge in [0.2, 0.25) is 5.91 Å². The highest BCUT2D eigenvalue weighted by molar-refractivity contribution is 5.93. The summed E-state index contributed by atoms with van der Waals surface area (Å²) < 4.78 is 1.58. The number of rotatable bonds is 3. The van der Waals surface area contributed by atoms with Crippen molar-refractivity contribution in [1.29, 1.82) is 0 Å². The fourth-order valence-corrected chi connectivity index (χ4v) is 2.70. The monoisotopic (exact) mass is 286 g/mol. The van der Waals surface area contributed by atoms with Crippen LogP contribution in [0.2, 0.25) is 0 Å². The molecular weight excluding hydrogens is 268 g/mol. The summed E-state index contributed by atoms with van der Waals surface area (Å²) in [6, 6.07) is 5.84. The van der Waals surface area contributed by atoms with Crippen molar-refractivity contribution in [2.45, 2.75) is 32.2 Å². The lowest BCUT2D eigenvalue weighted by molar-refractivity contribution is -0.119. The van der Waals surface area contributed by atoms with Crippen molar-refractivity contribution in [2.75, 3.05) is 5.32 Å². The van der Waals surface area contributed by atoms with Gasteiger partial charge in [-0.3, -0.25) is 4.79 Å². The van der Waals surface area contributed by atoms with Crippen molar-refractivity contribution in [3.63, 3.8) is 0 Å². The fourth-order valence-electron chi connectivity index (χ4n) is 2.70. The Hall–Kier alpha value is -2.28. The van der Waals surface area contributed by atoms with Crippen molar-refractivity contribution in [1.82, 2.24) is 20.2 Å². The van der Waals surface area contributed by atoms with E-state index in [9.17, 15) is 4.79 Å². The van der Waals surface area contributed by atoms with Crippen molar-refractivity contribution in [3.05, 3.63) is 30.1 Å². The molecule has 1 aromatic carbocycles. The first-order valence-corrected chi connectivity index (χ1v) is 7.04. The molecule has 0 radical (unpaired) electrons. The van der Waals surface area contributed by atoms with Crippen LogP contribution in [0, 0.1) is 12.8 Å². The lowest BCUT2D eigenvalue weighted by Gasteiger charge is -2.12. The molecule has 2 atom stereocenters. The molecule has 0 spiro atoms. The van der Waals surface area contributed by atoms with Gasteiger partial charge in [0, 0.05) is 17.6 Å². The predicted octanol–water partition coefficient (Wildman–Crippen LogP) is 1.04. The van der Waals surface area contributed by atoms with Gasteiger partial charge in [-0.15, -0.1) is 5.10 Å². The van der Waals surface area contributed by atoms with Gasteiger partial charge in [-0.1, -0.05) is 6.07 Å². The summed E-state index contributed by atoms with van der Waals surface area (Å²) >= 11 is 0. The molecule has 1 heterocycles. The van der Waals surface area contributed by atoms with Crippen LogP contribution in [-0.4, -0.2) is 32.2 Å². The standard InChI is InChI=1S/C14H18N6O/c1-9-2-5-12(7-13(9)20-8-16-18-19-20)17-14(21)10-3-4-11(15)6-10/h2,5,7-8,10-11H,3-4,6,15H2,1H3,(H,17,21). The number of hydrogen-bond acceptors (Lipinski definition) is 5. The minimum absolute atomic E-state index is 0.0118. The second-order valence-electron chi connectivity index (χ2n) is 5.51. The third-order valence-corrected chi connectivity index (χ3v) is 3.92. The molecule has 7 heteroatoms. The zero-order chi connectivity index (χ0) is 14.8. The number of aryl methyl sites for hydroxylation is 1. The number of nitrogens with zero attached hydrogens (tertiary/aromatic N) is 4. The van der Waals surface area contributed by atoms with Crippen LogP contribution in [0.25, 0.3) is 5.69 Å². The summed E-state index contributed by atoms with van der Waals surface area (Å²) in [5, 5.41) is 14.1. The van der Waals surface area contributed by atoms with E-state index >= 15 is 0 Å². The number of carbonyl (C=O) groups excluding carboxylic acids is 1. The topological polar surface area (TPSA) is 98.7 Å². The summed E-state index contributed by atoms with van der Waals surface area (Å²) in [6.07, 6.45) is 4.07. The summed E-state index contributed by atoms with van der Waals surface area (Å²) in [7, 11) is 0. The van der Waals surface area contributed by atoms with Crippen LogP contribution >= 0.6 is 0 Å². The molecule has 3 rings (SSSR count). The first-order chi connectivity index (χ1) is 10.1. The van der Waals surface area contributed by atoms with Gasteiger partial charge in [-0.25, -0.2) is 4.68 Å². The summed E-state index contributed by atoms with van der Waals surface area (Å²) in [5.41, 5.74) is 8.48. The van der Waals surface area contributed by atoms with Gasteiger partial charge in [0.1, 0.15) is 6.33 Å². The Morgan fingerprint density at radius 1 is 1.43 bits per heavy atom. The number of aromatic nitrogens is 4. The van der Waals surface area contributed by atoms with Crippen LogP contribution < -0.4 is 11.1 Å². The minimum Gasteiger partial charge on any atom is -0.328 e. The maximum Gasteiger partial charge on any atom is 0.227 e. The van der Waals surface area contributed by atoms with E-state index in [4.69, 9.17) is 5.73 Å². The number of nitrogens with one attached hydrogen (secondary N) is 1. The van der Waals surface area contributed by atoms with E-state index in [1.54, 1.807) is 4.68 Å². The highest BCUT2D eigenvalue weighted by Crippen LogP contribution is 2.26. The molecule has 3 N–H and O–H groups in total. The Balaban J connectivity index is 1.77. The fraction of sp³-hybridized carbons (Fsp3) is 0.429. The summed E-state index contributed by atoms with van der Waals surface area (Å²) in [5.74, 6) is 0.0484. The molecule has 0 bridgehead atoms. The van der Waals surface area contributed by atoms with Gasteiger partial charge in [0.15, 0.2) is 0 Å². The molecule has 7 nitrogen and oxygen atoms in total. The highest BCUT2D eigenvalue weighted by atomic mass is 16.1. The van der Waals surface area contributed by atoms with Crippen LogP contribution in [0.4, 0.5) is 5.69 Å². The Bertz CT molecular complexity index is 639. The third-order valence-electron chi connectivity index (χ3n) is 3.92. The van der Waals surface area contributed by atoms with E-state index in [2.05, 4.69) is 20.8 Å². The predicted molar refractivity (Wildman–Crippen MR) is 77.8 cm³/mol. The van der Waals surface area contributed by atoms with Crippen LogP contribution in [0.1, 0.15) is 24.8 Å². The number of benzene rings is 1. The summed E-state index contributed by atoms with van der Waals surface area (Å²) in [4.78, 5) is 12.2. The number of hydrogen-bond donors (Lipinski definition) is 2. The first kappa shape index (κ1) is 13.7. The molecule has 1 aromatic heterocycles. The number of tetrazole rings is 1. The zero-order valence-corrected chi connectivity index (χ0v) is 11.9. The third kappa shape index (κ3) is 2.92. The normalized spacial score (nSPS) is 21.4. The van der Waals surface area contributed by atoms with Gasteiger partial charge in [0.25, 0.3) is 0 Å². The molecular formula is C14H18N6O. The highest BCUT2D eigenvalue weighted by Gasteiger charge is 2.27. The number of anilines is 1. The van der Waals surface area contributed by atoms with Gasteiger partial charge >= 0.3 is 0 Å². The van der Waals surface area contributed by atoms with E-state index < -0.39 is 0 Å². The van der Waals surface area contributed by atoms with Crippen LogP contribution in [0.15, 0.2) is 24.5 Å². The smallest absolute Gasteiger partial charge is 0.227 e. The average molecular weight is 286 g/mol. The summed E-state index contributed by atoms with van der Waals surface area (Å²) in [6.45, 7) is 1.97. The quantitative estimate of drug-likeness (QED) is 0.878. The maximum atomic E-state index is 12.2. The number of carbonyl (C=O) groups is 1.